The highest BCUT2D eigenvalue weighted by Gasteiger charge is 2.23. The minimum atomic E-state index is 0.271. The molecule has 2 aromatic rings. The molecule has 2 aromatic carbocycles. The molecule has 0 aromatic heterocycles. The Bertz CT molecular complexity index is 714. The lowest BCUT2D eigenvalue weighted by molar-refractivity contribution is -0.120. The van der Waals surface area contributed by atoms with Crippen LogP contribution in [0.2, 0.25) is 10.0 Å². The average Bonchev–Trinajstić information content (AvgIpc) is 2.55. The molecule has 1 atom stereocenters. The van der Waals surface area contributed by atoms with Crippen molar-refractivity contribution in [1.29, 1.82) is 0 Å². The van der Waals surface area contributed by atoms with Crippen molar-refractivity contribution in [1.82, 2.24) is 0 Å². The zero-order valence-corrected chi connectivity index (χ0v) is 14.3. The molecular weight excluding hydrogens is 327 g/mol. The van der Waals surface area contributed by atoms with Gasteiger partial charge in [0.2, 0.25) is 0 Å². The number of benzene rings is 2. The van der Waals surface area contributed by atoms with Crippen molar-refractivity contribution in [3.63, 3.8) is 0 Å². The van der Waals surface area contributed by atoms with Gasteiger partial charge in [0.25, 0.3) is 0 Å². The number of Topliss-reactive ketones (excluding diaryl/α,β-unsaturated/α-hetero) is 1. The van der Waals surface area contributed by atoms with Crippen molar-refractivity contribution in [2.45, 2.75) is 25.7 Å². The molecule has 0 spiro atoms. The predicted molar refractivity (Wildman–Crippen MR) is 97.7 cm³/mol. The van der Waals surface area contributed by atoms with Crippen LogP contribution in [0.1, 0.15) is 36.8 Å². The van der Waals surface area contributed by atoms with Crippen molar-refractivity contribution >= 4 is 40.6 Å². The van der Waals surface area contributed by atoms with Gasteiger partial charge in [-0.1, -0.05) is 53.5 Å². The summed E-state index contributed by atoms with van der Waals surface area (Å²) >= 11 is 12.0. The third-order valence-corrected chi connectivity index (χ3v) is 4.80. The van der Waals surface area contributed by atoms with Gasteiger partial charge in [-0.3, -0.25) is 4.79 Å². The molecule has 0 saturated heterocycles. The molecule has 0 aliphatic heterocycles. The van der Waals surface area contributed by atoms with Crippen molar-refractivity contribution in [3.05, 3.63) is 69.7 Å². The highest BCUT2D eigenvalue weighted by Crippen LogP contribution is 2.36. The molecule has 1 fully saturated rings. The predicted octanol–water partition coefficient (Wildman–Crippen LogP) is 6.29. The number of hydrogen-bond acceptors (Lipinski definition) is 1. The van der Waals surface area contributed by atoms with E-state index in [0.29, 0.717) is 18.6 Å². The van der Waals surface area contributed by atoms with Crippen LogP contribution in [0.15, 0.2) is 48.5 Å². The number of ketones is 1. The second-order valence-electron chi connectivity index (χ2n) is 5.99. The van der Waals surface area contributed by atoms with E-state index in [1.165, 1.54) is 5.57 Å². The standard InChI is InChI=1S/C20H18Cl2O/c21-17-8-4-14(5-9-17)12-20(15-6-10-18(22)11-7-15)16-2-1-3-19(23)13-16/h4-12,16H,1-3,13H2/b20-12+/t16-/m0/s1. The molecular formula is C20H18Cl2O. The zero-order chi connectivity index (χ0) is 16.2. The van der Waals surface area contributed by atoms with Gasteiger partial charge in [0.15, 0.2) is 0 Å². The van der Waals surface area contributed by atoms with E-state index in [9.17, 15) is 4.79 Å². The van der Waals surface area contributed by atoms with E-state index < -0.39 is 0 Å². The maximum atomic E-state index is 11.9. The number of carbonyl (C=O) groups is 1. The summed E-state index contributed by atoms with van der Waals surface area (Å²) in [5.41, 5.74) is 3.43. The van der Waals surface area contributed by atoms with Crippen LogP contribution in [0.25, 0.3) is 11.6 Å². The van der Waals surface area contributed by atoms with Gasteiger partial charge in [-0.15, -0.1) is 0 Å². The van der Waals surface area contributed by atoms with Gasteiger partial charge in [-0.2, -0.15) is 0 Å². The summed E-state index contributed by atoms with van der Waals surface area (Å²) in [6, 6.07) is 15.6. The Balaban J connectivity index is 2.00. The lowest BCUT2D eigenvalue weighted by Gasteiger charge is -2.24. The second-order valence-corrected chi connectivity index (χ2v) is 6.86. The summed E-state index contributed by atoms with van der Waals surface area (Å²) in [7, 11) is 0. The molecule has 23 heavy (non-hydrogen) atoms. The van der Waals surface area contributed by atoms with Crippen LogP contribution in [0.4, 0.5) is 0 Å². The Labute approximate surface area is 146 Å². The van der Waals surface area contributed by atoms with E-state index in [4.69, 9.17) is 23.2 Å². The highest BCUT2D eigenvalue weighted by atomic mass is 35.5. The molecule has 3 heteroatoms. The largest absolute Gasteiger partial charge is 0.300 e. The molecule has 1 aliphatic carbocycles. The molecule has 1 saturated carbocycles. The first-order valence-corrected chi connectivity index (χ1v) is 8.62. The Hall–Kier alpha value is -1.57. The molecule has 0 unspecified atom stereocenters. The van der Waals surface area contributed by atoms with E-state index >= 15 is 0 Å². The molecule has 0 heterocycles. The minimum Gasteiger partial charge on any atom is -0.300 e. The first kappa shape index (κ1) is 16.3. The van der Waals surface area contributed by atoms with Crippen LogP contribution in [-0.2, 0) is 4.79 Å². The van der Waals surface area contributed by atoms with Crippen molar-refractivity contribution < 1.29 is 4.79 Å². The highest BCUT2D eigenvalue weighted by molar-refractivity contribution is 6.30. The summed E-state index contributed by atoms with van der Waals surface area (Å²) in [4.78, 5) is 11.9. The van der Waals surface area contributed by atoms with Crippen LogP contribution in [0.3, 0.4) is 0 Å². The van der Waals surface area contributed by atoms with Crippen molar-refractivity contribution in [3.8, 4) is 0 Å². The molecule has 0 N–H and O–H groups in total. The molecule has 1 nitrogen and oxygen atoms in total. The van der Waals surface area contributed by atoms with Gasteiger partial charge in [0.05, 0.1) is 0 Å². The second kappa shape index (κ2) is 7.33. The van der Waals surface area contributed by atoms with Gasteiger partial charge >= 0.3 is 0 Å². The zero-order valence-electron chi connectivity index (χ0n) is 12.8. The normalized spacial score (nSPS) is 19.0. The number of allylic oxidation sites excluding steroid dienone is 1. The van der Waals surface area contributed by atoms with E-state index in [1.807, 2.05) is 48.5 Å². The van der Waals surface area contributed by atoms with E-state index in [2.05, 4.69) is 6.08 Å². The smallest absolute Gasteiger partial charge is 0.133 e. The molecule has 1 aliphatic rings. The Morgan fingerprint density at radius 2 is 1.57 bits per heavy atom. The summed E-state index contributed by atoms with van der Waals surface area (Å²) in [6.07, 6.45) is 5.53. The SMILES string of the molecule is O=C1CCC[C@H](/C(=C/c2ccc(Cl)cc2)c2ccc(Cl)cc2)C1. The summed E-state index contributed by atoms with van der Waals surface area (Å²) in [6.45, 7) is 0. The summed E-state index contributed by atoms with van der Waals surface area (Å²) in [5, 5.41) is 1.45. The fraction of sp³-hybridized carbons (Fsp3) is 0.250. The molecule has 0 radical (unpaired) electrons. The first-order valence-electron chi connectivity index (χ1n) is 7.86. The Morgan fingerprint density at radius 3 is 2.17 bits per heavy atom. The number of hydrogen-bond donors (Lipinski definition) is 0. The van der Waals surface area contributed by atoms with Crippen LogP contribution in [0, 0.1) is 5.92 Å². The maximum absolute atomic E-state index is 11.9. The third-order valence-electron chi connectivity index (χ3n) is 4.29. The monoisotopic (exact) mass is 344 g/mol. The fourth-order valence-electron chi connectivity index (χ4n) is 3.11. The fourth-order valence-corrected chi connectivity index (χ4v) is 3.36. The van der Waals surface area contributed by atoms with Crippen molar-refractivity contribution in [2.75, 3.05) is 0 Å². The summed E-state index contributed by atoms with van der Waals surface area (Å²) in [5.74, 6) is 0.630. The minimum absolute atomic E-state index is 0.271. The van der Waals surface area contributed by atoms with Gasteiger partial charge in [0.1, 0.15) is 5.78 Å². The molecule has 118 valence electrons. The Kier molecular flexibility index (Phi) is 5.20. The van der Waals surface area contributed by atoms with E-state index in [0.717, 1.165) is 34.0 Å². The molecule has 0 bridgehead atoms. The van der Waals surface area contributed by atoms with Crippen LogP contribution >= 0.6 is 23.2 Å². The van der Waals surface area contributed by atoms with Crippen LogP contribution in [-0.4, -0.2) is 5.78 Å². The van der Waals surface area contributed by atoms with Gasteiger partial charge in [-0.05, 0) is 59.7 Å². The average molecular weight is 345 g/mol. The van der Waals surface area contributed by atoms with E-state index in [-0.39, 0.29) is 5.92 Å². The number of carbonyl (C=O) groups excluding carboxylic acids is 1. The Morgan fingerprint density at radius 1 is 0.957 bits per heavy atom. The number of rotatable bonds is 3. The summed E-state index contributed by atoms with van der Waals surface area (Å²) < 4.78 is 0. The number of halogens is 2. The quantitative estimate of drug-likeness (QED) is 0.597. The van der Waals surface area contributed by atoms with Crippen LogP contribution in [0.5, 0.6) is 0 Å². The van der Waals surface area contributed by atoms with E-state index in [1.54, 1.807) is 0 Å². The molecule has 3 rings (SSSR count). The maximum Gasteiger partial charge on any atom is 0.133 e. The van der Waals surface area contributed by atoms with Gasteiger partial charge in [-0.25, -0.2) is 0 Å². The first-order chi connectivity index (χ1) is 11.1. The van der Waals surface area contributed by atoms with Crippen molar-refractivity contribution in [2.24, 2.45) is 5.92 Å². The van der Waals surface area contributed by atoms with Crippen LogP contribution < -0.4 is 0 Å². The lowest BCUT2D eigenvalue weighted by Crippen LogP contribution is -2.16. The third kappa shape index (κ3) is 4.25. The molecule has 0 amide bonds. The van der Waals surface area contributed by atoms with Gasteiger partial charge < -0.3 is 0 Å². The topological polar surface area (TPSA) is 17.1 Å². The van der Waals surface area contributed by atoms with Gasteiger partial charge in [0, 0.05) is 22.9 Å². The lowest BCUT2D eigenvalue weighted by atomic mass is 9.79.